The van der Waals surface area contributed by atoms with Gasteiger partial charge in [-0.15, -0.1) is 10.2 Å². The maximum absolute atomic E-state index is 9.05. The molecule has 1 saturated carbocycles. The van der Waals surface area contributed by atoms with Gasteiger partial charge in [-0.25, -0.2) is 0 Å². The van der Waals surface area contributed by atoms with E-state index in [4.69, 9.17) is 10.4 Å². The largest absolute Gasteiger partial charge is 0.396 e. The smallest absolute Gasteiger partial charge is 0.163 e. The maximum Gasteiger partial charge on any atom is 0.163 e. The summed E-state index contributed by atoms with van der Waals surface area (Å²) < 4.78 is 0. The standard InChI is InChI=1S/C12H16N4O/c13-7-11-5-6-12(16-15-11)14-10-3-1-9(8-17)2-4-10/h5-6,9-10,17H,1-4,8H2,(H,14,16). The second-order valence-electron chi connectivity index (χ2n) is 4.46. The third-order valence-electron chi connectivity index (χ3n) is 3.24. The molecule has 1 aliphatic rings. The molecule has 0 bridgehead atoms. The summed E-state index contributed by atoms with van der Waals surface area (Å²) in [5.41, 5.74) is 0.333. The van der Waals surface area contributed by atoms with Crippen molar-refractivity contribution in [3.8, 4) is 6.07 Å². The number of nitrogens with one attached hydrogen (secondary N) is 1. The molecule has 0 aliphatic heterocycles. The van der Waals surface area contributed by atoms with Crippen LogP contribution in [-0.4, -0.2) is 28.0 Å². The first kappa shape index (κ1) is 11.8. The van der Waals surface area contributed by atoms with Gasteiger partial charge in [-0.2, -0.15) is 5.26 Å². The zero-order valence-corrected chi connectivity index (χ0v) is 9.63. The Hall–Kier alpha value is -1.67. The number of rotatable bonds is 3. The van der Waals surface area contributed by atoms with Crippen molar-refractivity contribution in [2.24, 2.45) is 5.92 Å². The number of aliphatic hydroxyl groups excluding tert-OH is 1. The molecule has 5 heteroatoms. The van der Waals surface area contributed by atoms with Crippen LogP contribution in [0.5, 0.6) is 0 Å². The van der Waals surface area contributed by atoms with Crippen molar-refractivity contribution < 1.29 is 5.11 Å². The van der Waals surface area contributed by atoms with Crippen molar-refractivity contribution in [1.82, 2.24) is 10.2 Å². The van der Waals surface area contributed by atoms with Crippen LogP contribution in [0.3, 0.4) is 0 Å². The van der Waals surface area contributed by atoms with E-state index in [1.807, 2.05) is 6.07 Å². The summed E-state index contributed by atoms with van der Waals surface area (Å²) in [7, 11) is 0. The quantitative estimate of drug-likeness (QED) is 0.821. The van der Waals surface area contributed by atoms with Crippen LogP contribution in [0.1, 0.15) is 31.4 Å². The highest BCUT2D eigenvalue weighted by atomic mass is 16.3. The number of anilines is 1. The van der Waals surface area contributed by atoms with Gasteiger partial charge in [0, 0.05) is 12.6 Å². The Labute approximate surface area is 100 Å². The molecule has 1 aliphatic carbocycles. The molecule has 1 aromatic rings. The van der Waals surface area contributed by atoms with Crippen molar-refractivity contribution >= 4 is 5.82 Å². The van der Waals surface area contributed by atoms with E-state index in [9.17, 15) is 0 Å². The molecule has 0 amide bonds. The first-order valence-corrected chi connectivity index (χ1v) is 5.93. The Morgan fingerprint density at radius 3 is 2.59 bits per heavy atom. The van der Waals surface area contributed by atoms with E-state index < -0.39 is 0 Å². The molecular weight excluding hydrogens is 216 g/mol. The van der Waals surface area contributed by atoms with Gasteiger partial charge in [0.2, 0.25) is 0 Å². The summed E-state index contributed by atoms with van der Waals surface area (Å²) in [6.45, 7) is 0.295. The molecule has 0 spiro atoms. The third-order valence-corrected chi connectivity index (χ3v) is 3.24. The first-order chi connectivity index (χ1) is 8.31. The van der Waals surface area contributed by atoms with Crippen LogP contribution in [0.4, 0.5) is 5.82 Å². The summed E-state index contributed by atoms with van der Waals surface area (Å²) >= 11 is 0. The van der Waals surface area contributed by atoms with Crippen molar-refractivity contribution in [3.05, 3.63) is 17.8 Å². The van der Waals surface area contributed by atoms with Gasteiger partial charge in [0.1, 0.15) is 11.9 Å². The Balaban J connectivity index is 1.87. The molecule has 1 fully saturated rings. The van der Waals surface area contributed by atoms with E-state index in [2.05, 4.69) is 15.5 Å². The summed E-state index contributed by atoms with van der Waals surface area (Å²) in [4.78, 5) is 0. The van der Waals surface area contributed by atoms with Gasteiger partial charge in [0.05, 0.1) is 0 Å². The summed E-state index contributed by atoms with van der Waals surface area (Å²) in [5.74, 6) is 1.18. The number of nitriles is 1. The average molecular weight is 232 g/mol. The molecule has 0 atom stereocenters. The average Bonchev–Trinajstić information content (AvgIpc) is 2.40. The summed E-state index contributed by atoms with van der Waals surface area (Å²) in [6.07, 6.45) is 4.20. The van der Waals surface area contributed by atoms with Crippen molar-refractivity contribution in [3.63, 3.8) is 0 Å². The van der Waals surface area contributed by atoms with Crippen LogP contribution >= 0.6 is 0 Å². The van der Waals surface area contributed by atoms with Crippen molar-refractivity contribution in [2.75, 3.05) is 11.9 Å². The van der Waals surface area contributed by atoms with Crippen LogP contribution in [0.2, 0.25) is 0 Å². The lowest BCUT2D eigenvalue weighted by atomic mass is 9.86. The molecule has 17 heavy (non-hydrogen) atoms. The SMILES string of the molecule is N#Cc1ccc(NC2CCC(CO)CC2)nn1. The van der Waals surface area contributed by atoms with Gasteiger partial charge < -0.3 is 10.4 Å². The van der Waals surface area contributed by atoms with Gasteiger partial charge in [-0.05, 0) is 43.7 Å². The van der Waals surface area contributed by atoms with E-state index in [-0.39, 0.29) is 0 Å². The monoisotopic (exact) mass is 232 g/mol. The second-order valence-corrected chi connectivity index (χ2v) is 4.46. The van der Waals surface area contributed by atoms with E-state index in [0.717, 1.165) is 31.5 Å². The van der Waals surface area contributed by atoms with Crippen LogP contribution in [0.25, 0.3) is 0 Å². The Kier molecular flexibility index (Phi) is 3.89. The van der Waals surface area contributed by atoms with E-state index in [1.54, 1.807) is 12.1 Å². The minimum atomic E-state index is 0.295. The van der Waals surface area contributed by atoms with Crippen LogP contribution in [0, 0.1) is 17.2 Å². The number of hydrogen-bond acceptors (Lipinski definition) is 5. The highest BCUT2D eigenvalue weighted by Gasteiger charge is 2.20. The molecule has 0 radical (unpaired) electrons. The molecule has 0 unspecified atom stereocenters. The van der Waals surface area contributed by atoms with E-state index >= 15 is 0 Å². The molecule has 0 saturated heterocycles. The lowest BCUT2D eigenvalue weighted by Crippen LogP contribution is -2.27. The fourth-order valence-electron chi connectivity index (χ4n) is 2.17. The third kappa shape index (κ3) is 3.14. The van der Waals surface area contributed by atoms with Gasteiger partial charge in [-0.1, -0.05) is 0 Å². The highest BCUT2D eigenvalue weighted by molar-refractivity contribution is 5.36. The van der Waals surface area contributed by atoms with Crippen molar-refractivity contribution in [1.29, 1.82) is 5.26 Å². The molecule has 1 heterocycles. The Bertz CT molecular complexity index is 390. The predicted molar refractivity (Wildman–Crippen MR) is 63.2 cm³/mol. The van der Waals surface area contributed by atoms with Gasteiger partial charge in [0.25, 0.3) is 0 Å². The van der Waals surface area contributed by atoms with E-state index in [1.165, 1.54) is 0 Å². The molecule has 1 aromatic heterocycles. The molecule has 90 valence electrons. The lowest BCUT2D eigenvalue weighted by molar-refractivity contribution is 0.185. The first-order valence-electron chi connectivity index (χ1n) is 5.93. The minimum Gasteiger partial charge on any atom is -0.396 e. The van der Waals surface area contributed by atoms with Gasteiger partial charge in [-0.3, -0.25) is 0 Å². The van der Waals surface area contributed by atoms with Crippen LogP contribution < -0.4 is 5.32 Å². The Morgan fingerprint density at radius 1 is 1.29 bits per heavy atom. The molecule has 5 nitrogen and oxygen atoms in total. The topological polar surface area (TPSA) is 81.8 Å². The van der Waals surface area contributed by atoms with Crippen LogP contribution in [-0.2, 0) is 0 Å². The zero-order chi connectivity index (χ0) is 12.1. The zero-order valence-electron chi connectivity index (χ0n) is 9.63. The Morgan fingerprint density at radius 2 is 2.06 bits per heavy atom. The molecular formula is C12H16N4O. The highest BCUT2D eigenvalue weighted by Crippen LogP contribution is 2.25. The van der Waals surface area contributed by atoms with Crippen LogP contribution in [0.15, 0.2) is 12.1 Å². The van der Waals surface area contributed by atoms with E-state index in [0.29, 0.717) is 24.3 Å². The fourth-order valence-corrected chi connectivity index (χ4v) is 2.17. The second kappa shape index (κ2) is 5.60. The summed E-state index contributed by atoms with van der Waals surface area (Å²) in [5, 5.41) is 28.7. The van der Waals surface area contributed by atoms with Gasteiger partial charge in [0.15, 0.2) is 5.69 Å². The van der Waals surface area contributed by atoms with Crippen molar-refractivity contribution in [2.45, 2.75) is 31.7 Å². The summed E-state index contributed by atoms with van der Waals surface area (Å²) in [6, 6.07) is 5.79. The molecule has 0 aromatic carbocycles. The minimum absolute atomic E-state index is 0.295. The molecule has 2 rings (SSSR count). The number of aliphatic hydroxyl groups is 1. The number of nitrogens with zero attached hydrogens (tertiary/aromatic N) is 3. The van der Waals surface area contributed by atoms with Gasteiger partial charge >= 0.3 is 0 Å². The normalized spacial score (nSPS) is 24.0. The maximum atomic E-state index is 9.05. The number of hydrogen-bond donors (Lipinski definition) is 2. The fraction of sp³-hybridized carbons (Fsp3) is 0.583. The predicted octanol–water partition coefficient (Wildman–Crippen LogP) is 1.31. The number of aromatic nitrogens is 2. The lowest BCUT2D eigenvalue weighted by Gasteiger charge is -2.28. The molecule has 2 N–H and O–H groups in total.